The average molecular weight is 237 g/mol. The number of hydrogen-bond acceptors (Lipinski definition) is 3. The topological polar surface area (TPSA) is 93.4 Å². The third kappa shape index (κ3) is 5.41. The van der Waals surface area contributed by atoms with Crippen molar-refractivity contribution in [2.75, 3.05) is 6.61 Å². The van der Waals surface area contributed by atoms with Crippen LogP contribution in [0, 0.1) is 6.92 Å². The Morgan fingerprint density at radius 3 is 2.76 bits per heavy atom. The Labute approximate surface area is 99.1 Å². The second-order valence-electron chi connectivity index (χ2n) is 3.45. The summed E-state index contributed by atoms with van der Waals surface area (Å²) in [4.78, 5) is 21.4. The van der Waals surface area contributed by atoms with Gasteiger partial charge in [-0.05, 0) is 24.6 Å². The number of urea groups is 1. The van der Waals surface area contributed by atoms with E-state index in [1.807, 2.05) is 36.6 Å². The van der Waals surface area contributed by atoms with Gasteiger partial charge in [-0.2, -0.15) is 0 Å². The molecule has 0 saturated heterocycles. The Hall–Kier alpha value is -2.24. The van der Waals surface area contributed by atoms with Crippen LogP contribution in [0.1, 0.15) is 12.0 Å². The molecular formula is C11H15N3O3. The lowest BCUT2D eigenvalue weighted by atomic mass is 10.2. The zero-order chi connectivity index (χ0) is 12.7. The Balaban J connectivity index is 2.23. The van der Waals surface area contributed by atoms with Crippen molar-refractivity contribution in [3.8, 4) is 5.75 Å². The van der Waals surface area contributed by atoms with Crippen molar-refractivity contribution < 1.29 is 14.3 Å². The number of hydrogen-bond donors (Lipinski definition) is 3. The molecule has 3 amide bonds. The normalized spacial score (nSPS) is 9.47. The smallest absolute Gasteiger partial charge is 0.330 e. The minimum absolute atomic E-state index is 0.133. The predicted molar refractivity (Wildman–Crippen MR) is 62.2 cm³/mol. The van der Waals surface area contributed by atoms with Crippen molar-refractivity contribution in [3.63, 3.8) is 0 Å². The molecule has 0 spiro atoms. The number of primary amides is 1. The Bertz CT molecular complexity index is 407. The van der Waals surface area contributed by atoms with E-state index in [2.05, 4.69) is 5.43 Å². The van der Waals surface area contributed by atoms with Crippen LogP contribution in [0.4, 0.5) is 4.79 Å². The van der Waals surface area contributed by atoms with E-state index in [9.17, 15) is 9.59 Å². The van der Waals surface area contributed by atoms with Gasteiger partial charge >= 0.3 is 6.03 Å². The summed E-state index contributed by atoms with van der Waals surface area (Å²) in [6.07, 6.45) is 0.133. The van der Waals surface area contributed by atoms with Crippen LogP contribution in [0.15, 0.2) is 24.3 Å². The highest BCUT2D eigenvalue weighted by molar-refractivity contribution is 5.80. The van der Waals surface area contributed by atoms with Crippen molar-refractivity contribution in [2.45, 2.75) is 13.3 Å². The van der Waals surface area contributed by atoms with Gasteiger partial charge in [-0.15, -0.1) is 0 Å². The first-order valence-corrected chi connectivity index (χ1v) is 5.11. The Kier molecular flexibility index (Phi) is 4.80. The second kappa shape index (κ2) is 6.37. The molecule has 1 rings (SSSR count). The Morgan fingerprint density at radius 1 is 1.35 bits per heavy atom. The van der Waals surface area contributed by atoms with E-state index in [0.29, 0.717) is 5.75 Å². The zero-order valence-electron chi connectivity index (χ0n) is 9.53. The number of nitrogens with two attached hydrogens (primary N) is 1. The van der Waals surface area contributed by atoms with Gasteiger partial charge in [0.1, 0.15) is 5.75 Å². The molecule has 0 radical (unpaired) electrons. The van der Waals surface area contributed by atoms with Crippen molar-refractivity contribution in [1.29, 1.82) is 0 Å². The van der Waals surface area contributed by atoms with Gasteiger partial charge in [-0.25, -0.2) is 10.2 Å². The standard InChI is InChI=1S/C11H15N3O3/c1-8-3-2-4-9(7-8)17-6-5-10(15)13-14-11(12)16/h2-4,7H,5-6H2,1H3,(H,13,15)(H3,12,14,16). The molecule has 4 N–H and O–H groups in total. The van der Waals surface area contributed by atoms with Crippen molar-refractivity contribution in [2.24, 2.45) is 5.73 Å². The molecule has 0 fully saturated rings. The Morgan fingerprint density at radius 2 is 2.12 bits per heavy atom. The van der Waals surface area contributed by atoms with Crippen LogP contribution in [-0.4, -0.2) is 18.5 Å². The van der Waals surface area contributed by atoms with Gasteiger partial charge in [0, 0.05) is 0 Å². The summed E-state index contributed by atoms with van der Waals surface area (Å²) in [5, 5.41) is 0. The SMILES string of the molecule is Cc1cccc(OCCC(=O)NNC(N)=O)c1. The van der Waals surface area contributed by atoms with Gasteiger partial charge in [0.05, 0.1) is 13.0 Å². The van der Waals surface area contributed by atoms with E-state index in [1.165, 1.54) is 0 Å². The molecule has 92 valence electrons. The van der Waals surface area contributed by atoms with Crippen molar-refractivity contribution in [3.05, 3.63) is 29.8 Å². The summed E-state index contributed by atoms with van der Waals surface area (Å²) < 4.78 is 5.36. The molecule has 0 unspecified atom stereocenters. The van der Waals surface area contributed by atoms with E-state index < -0.39 is 6.03 Å². The average Bonchev–Trinajstić information content (AvgIpc) is 2.26. The van der Waals surface area contributed by atoms with Gasteiger partial charge in [-0.1, -0.05) is 12.1 Å². The molecule has 6 heteroatoms. The molecular weight excluding hydrogens is 222 g/mol. The van der Waals surface area contributed by atoms with E-state index >= 15 is 0 Å². The molecule has 0 aromatic heterocycles. The lowest BCUT2D eigenvalue weighted by molar-refractivity contribution is -0.122. The van der Waals surface area contributed by atoms with Crippen molar-refractivity contribution in [1.82, 2.24) is 10.9 Å². The van der Waals surface area contributed by atoms with E-state index in [4.69, 9.17) is 10.5 Å². The highest BCUT2D eigenvalue weighted by Crippen LogP contribution is 2.12. The number of carbonyl (C=O) groups is 2. The summed E-state index contributed by atoms with van der Waals surface area (Å²) in [7, 11) is 0. The number of nitrogens with one attached hydrogen (secondary N) is 2. The molecule has 0 heterocycles. The molecule has 0 aliphatic heterocycles. The molecule has 17 heavy (non-hydrogen) atoms. The summed E-state index contributed by atoms with van der Waals surface area (Å²) in [5.41, 5.74) is 9.99. The number of benzene rings is 1. The third-order valence-electron chi connectivity index (χ3n) is 1.91. The monoisotopic (exact) mass is 237 g/mol. The largest absolute Gasteiger partial charge is 0.493 e. The quantitative estimate of drug-likeness (QED) is 0.664. The first-order valence-electron chi connectivity index (χ1n) is 5.11. The third-order valence-corrected chi connectivity index (χ3v) is 1.91. The number of amides is 3. The maximum absolute atomic E-state index is 11.1. The van der Waals surface area contributed by atoms with Crippen LogP contribution in [0.2, 0.25) is 0 Å². The van der Waals surface area contributed by atoms with Gasteiger partial charge in [0.25, 0.3) is 0 Å². The number of hydrazine groups is 1. The van der Waals surface area contributed by atoms with Crippen LogP contribution in [0.25, 0.3) is 0 Å². The van der Waals surface area contributed by atoms with Crippen LogP contribution in [-0.2, 0) is 4.79 Å². The molecule has 6 nitrogen and oxygen atoms in total. The lowest BCUT2D eigenvalue weighted by Crippen LogP contribution is -2.44. The molecule has 0 atom stereocenters. The van der Waals surface area contributed by atoms with Gasteiger partial charge in [0.2, 0.25) is 5.91 Å². The minimum atomic E-state index is -0.807. The first kappa shape index (κ1) is 12.8. The van der Waals surface area contributed by atoms with E-state index in [-0.39, 0.29) is 18.9 Å². The second-order valence-corrected chi connectivity index (χ2v) is 3.45. The summed E-state index contributed by atoms with van der Waals surface area (Å²) in [6, 6.07) is 6.71. The highest BCUT2D eigenvalue weighted by Gasteiger charge is 2.02. The lowest BCUT2D eigenvalue weighted by Gasteiger charge is -2.07. The highest BCUT2D eigenvalue weighted by atomic mass is 16.5. The molecule has 1 aromatic carbocycles. The van der Waals surface area contributed by atoms with Crippen molar-refractivity contribution >= 4 is 11.9 Å². The predicted octanol–water partition coefficient (Wildman–Crippen LogP) is 0.463. The fourth-order valence-corrected chi connectivity index (χ4v) is 1.16. The van der Waals surface area contributed by atoms with Crippen LogP contribution in [0.3, 0.4) is 0 Å². The maximum atomic E-state index is 11.1. The molecule has 0 bridgehead atoms. The first-order chi connectivity index (χ1) is 8.08. The van der Waals surface area contributed by atoms with Crippen LogP contribution < -0.4 is 21.3 Å². The minimum Gasteiger partial charge on any atom is -0.493 e. The maximum Gasteiger partial charge on any atom is 0.330 e. The summed E-state index contributed by atoms with van der Waals surface area (Å²) >= 11 is 0. The summed E-state index contributed by atoms with van der Waals surface area (Å²) in [6.45, 7) is 2.19. The van der Waals surface area contributed by atoms with E-state index in [0.717, 1.165) is 5.56 Å². The zero-order valence-corrected chi connectivity index (χ0v) is 9.53. The van der Waals surface area contributed by atoms with E-state index in [1.54, 1.807) is 0 Å². The number of rotatable bonds is 4. The van der Waals surface area contributed by atoms with Gasteiger partial charge in [0.15, 0.2) is 0 Å². The molecule has 0 saturated carbocycles. The fraction of sp³-hybridized carbons (Fsp3) is 0.273. The fourth-order valence-electron chi connectivity index (χ4n) is 1.16. The molecule has 1 aromatic rings. The molecule has 0 aliphatic carbocycles. The van der Waals surface area contributed by atoms with Gasteiger partial charge in [-0.3, -0.25) is 10.2 Å². The number of carbonyl (C=O) groups excluding carboxylic acids is 2. The molecule has 0 aliphatic rings. The number of ether oxygens (including phenoxy) is 1. The van der Waals surface area contributed by atoms with Gasteiger partial charge < -0.3 is 10.5 Å². The van der Waals surface area contributed by atoms with Crippen LogP contribution in [0.5, 0.6) is 5.75 Å². The number of aryl methyl sites for hydroxylation is 1. The summed E-state index contributed by atoms with van der Waals surface area (Å²) in [5.74, 6) is 0.345. The van der Waals surface area contributed by atoms with Crippen LogP contribution >= 0.6 is 0 Å².